The maximum Gasteiger partial charge on any atom is 0.416 e. The summed E-state index contributed by atoms with van der Waals surface area (Å²) >= 11 is 0. The Balaban J connectivity index is 0.000000815. The average molecular weight is 2260 g/mol. The van der Waals surface area contributed by atoms with Crippen molar-refractivity contribution in [2.24, 2.45) is 0 Å². The molecular weight excluding hydrogens is 2090 g/mol. The molecule has 0 atom stereocenters. The zero-order valence-corrected chi connectivity index (χ0v) is 108. The van der Waals surface area contributed by atoms with Gasteiger partial charge in [0.2, 0.25) is 0 Å². The molecule has 0 saturated carbocycles. The van der Waals surface area contributed by atoms with Crippen molar-refractivity contribution in [3.63, 3.8) is 0 Å². The normalized spacial score (nSPS) is 12.9. The Labute approximate surface area is 875 Å². The number of rotatable bonds is 12. The third-order valence-electron chi connectivity index (χ3n) is 24.3. The van der Waals surface area contributed by atoms with Gasteiger partial charge in [-0.1, -0.05) is 482 Å². The van der Waals surface area contributed by atoms with Gasteiger partial charge in [0.05, 0.1) is 136 Å². The van der Waals surface area contributed by atoms with Crippen LogP contribution in [0.2, 0.25) is 236 Å². The maximum atomic E-state index is 12.5. The molecule has 0 aliphatic carbocycles. The average Bonchev–Trinajstić information content (AvgIpc) is 0.767. The van der Waals surface area contributed by atoms with Crippen LogP contribution in [-0.2, 0) is 43.2 Å². The zero-order chi connectivity index (χ0) is 115. The molecule has 0 fully saturated rings. The van der Waals surface area contributed by atoms with E-state index in [0.29, 0.717) is 25.1 Å². The first-order valence-corrected chi connectivity index (χ1v) is 91.2. The van der Waals surface area contributed by atoms with Gasteiger partial charge in [-0.15, -0.1) is 0 Å². The van der Waals surface area contributed by atoms with E-state index in [2.05, 4.69) is 424 Å². The highest BCUT2D eigenvalue weighted by atomic mass is 28.3. The molecule has 0 bridgehead atoms. The first-order valence-electron chi connectivity index (χ1n) is 49.2. The Hall–Kier alpha value is -6.67. The van der Waals surface area contributed by atoms with E-state index in [-0.39, 0.29) is 35.4 Å². The summed E-state index contributed by atoms with van der Waals surface area (Å²) < 4.78 is 258. The summed E-state index contributed by atoms with van der Waals surface area (Å²) in [5, 5.41) is 19.5. The minimum absolute atomic E-state index is 0.0721. The summed E-state index contributed by atoms with van der Waals surface area (Å²) in [6.45, 7) is 106. The SMILES string of the molecule is Cc1c(C(F)(F)F)cc(C(F)(F)F)cc1C(F)(F)F.Cc1c([Si](C)(C)C)cc([Si](C)(C)C)cc1[Si](C)(C)C.Cc1c([Si](C)(C)C)cccc1[Si](C)(C)C.Cc1cc(C(F)(F)F)cc(C(F)(F)F)c1.Cc1cc([Si](C)(C)C)cc([Si](C)(C)C)c1.Cc1ccc(C(F)(F)F)cc1C(F)(F)F.Cc1ccc([Si](C)(C)C)cc1.Cc1ccc([Si](C)(C)C)cc1[Si](C)(C)C.Cc1cccc([Si](C)(C)C)c1.Cc1ccccc1[Si](C)(C)C. The van der Waals surface area contributed by atoms with Crippen LogP contribution < -0.4 is 62.2 Å². The Kier molecular flexibility index (Phi) is 48.3. The molecule has 0 aliphatic rings. The monoisotopic (exact) mass is 2260 g/mol. The van der Waals surface area contributed by atoms with Gasteiger partial charge in [-0.05, 0) is 128 Å². The van der Waals surface area contributed by atoms with Crippen LogP contribution in [0.4, 0.5) is 92.2 Å². The van der Waals surface area contributed by atoms with Crippen molar-refractivity contribution in [2.45, 2.75) is 348 Å². The summed E-state index contributed by atoms with van der Waals surface area (Å²) in [6, 6.07) is 55.4. The van der Waals surface area contributed by atoms with Crippen LogP contribution in [0.15, 0.2) is 188 Å². The fraction of sp³-hybridized carbons (Fsp3) is 0.469. The highest BCUT2D eigenvalue weighted by Gasteiger charge is 2.45. The summed E-state index contributed by atoms with van der Waals surface area (Å²) in [4.78, 5) is 0. The number of halogens is 21. The first-order chi connectivity index (χ1) is 64.6. The fourth-order valence-electron chi connectivity index (χ4n) is 15.8. The van der Waals surface area contributed by atoms with E-state index in [0.717, 1.165) is 13.0 Å². The van der Waals surface area contributed by atoms with E-state index >= 15 is 0 Å². The molecule has 0 unspecified atom stereocenters. The third-order valence-corrected chi connectivity index (χ3v) is 49.4. The Morgan fingerprint density at radius 1 is 0.144 bits per heavy atom. The van der Waals surface area contributed by atoms with E-state index in [1.807, 2.05) is 0 Å². The van der Waals surface area contributed by atoms with Crippen LogP contribution in [0.25, 0.3) is 0 Å². The molecule has 10 rings (SSSR count). The summed E-state index contributed by atoms with van der Waals surface area (Å²) in [6.07, 6.45) is -34.9. The molecule has 816 valence electrons. The number of benzene rings is 10. The summed E-state index contributed by atoms with van der Waals surface area (Å²) in [5.74, 6) is 0. The van der Waals surface area contributed by atoms with E-state index in [1.165, 1.54) is 34.7 Å². The highest BCUT2D eigenvalue weighted by Crippen LogP contribution is 2.44. The predicted molar refractivity (Wildman–Crippen MR) is 623 cm³/mol. The van der Waals surface area contributed by atoms with Gasteiger partial charge in [-0.25, -0.2) is 0 Å². The second-order valence-corrected chi connectivity index (χ2v) is 111. The Morgan fingerprint density at radius 2 is 0.404 bits per heavy atom. The summed E-state index contributed by atoms with van der Waals surface area (Å²) in [5.41, 5.74) is -2.28. The quantitative estimate of drug-likeness (QED) is 0.0845. The molecule has 0 saturated heterocycles. The van der Waals surface area contributed by atoms with Gasteiger partial charge in [0.1, 0.15) is 0 Å². The van der Waals surface area contributed by atoms with Crippen molar-refractivity contribution in [1.29, 1.82) is 0 Å². The number of aryl methyl sites for hydroxylation is 7. The number of alkyl halides is 21. The van der Waals surface area contributed by atoms with Gasteiger partial charge >= 0.3 is 43.2 Å². The van der Waals surface area contributed by atoms with Gasteiger partial charge in [0.15, 0.2) is 0 Å². The molecule has 10 aromatic rings. The molecule has 0 aliphatic heterocycles. The lowest BCUT2D eigenvalue weighted by molar-refractivity contribution is -0.150. The molecule has 0 radical (unpaired) electrons. The van der Waals surface area contributed by atoms with E-state index in [4.69, 9.17) is 0 Å². The molecule has 33 heteroatoms. The van der Waals surface area contributed by atoms with Crippen molar-refractivity contribution in [3.05, 3.63) is 283 Å². The third kappa shape index (κ3) is 46.5. The molecular formula is C113H169F21Si12. The van der Waals surface area contributed by atoms with E-state index in [9.17, 15) is 92.2 Å². The van der Waals surface area contributed by atoms with Gasteiger partial charge in [0, 0.05) is 0 Å². The number of hydrogen-bond acceptors (Lipinski definition) is 0. The molecule has 10 aromatic carbocycles. The van der Waals surface area contributed by atoms with E-state index in [1.54, 1.807) is 73.4 Å². The van der Waals surface area contributed by atoms with Crippen molar-refractivity contribution in [1.82, 2.24) is 0 Å². The van der Waals surface area contributed by atoms with Crippen molar-refractivity contribution >= 4 is 159 Å². The van der Waals surface area contributed by atoms with Gasteiger partial charge < -0.3 is 0 Å². The fourth-order valence-corrected chi connectivity index (χ4v) is 35.0. The van der Waals surface area contributed by atoms with Crippen LogP contribution in [0, 0.1) is 69.2 Å². The van der Waals surface area contributed by atoms with Crippen LogP contribution in [-0.4, -0.2) is 96.9 Å². The molecule has 0 amide bonds. The van der Waals surface area contributed by atoms with Gasteiger partial charge in [-0.3, -0.25) is 0 Å². The van der Waals surface area contributed by atoms with Crippen LogP contribution in [0.3, 0.4) is 0 Å². The lowest BCUT2D eigenvalue weighted by Crippen LogP contribution is -2.53. The van der Waals surface area contributed by atoms with Gasteiger partial charge in [-0.2, -0.15) is 92.2 Å². The Morgan fingerprint density at radius 3 is 0.705 bits per heavy atom. The van der Waals surface area contributed by atoms with Crippen LogP contribution in [0.5, 0.6) is 0 Å². The molecule has 146 heavy (non-hydrogen) atoms. The summed E-state index contributed by atoms with van der Waals surface area (Å²) in [7, 11) is -13.9. The second-order valence-electron chi connectivity index (χ2n) is 50.6. The van der Waals surface area contributed by atoms with Crippen molar-refractivity contribution < 1.29 is 92.2 Å². The number of hydrogen-bond donors (Lipinski definition) is 0. The lowest BCUT2D eigenvalue weighted by Gasteiger charge is -2.30. The topological polar surface area (TPSA) is 0 Å². The predicted octanol–water partition coefficient (Wildman–Crippen LogP) is 33.6. The smallest absolute Gasteiger partial charge is 0.166 e. The molecule has 0 spiro atoms. The molecule has 0 N–H and O–H groups in total. The maximum absolute atomic E-state index is 12.5. The Bertz CT molecular complexity index is 5420. The largest absolute Gasteiger partial charge is 0.416 e. The minimum atomic E-state index is -5.30. The highest BCUT2D eigenvalue weighted by molar-refractivity contribution is 6.96. The lowest BCUT2D eigenvalue weighted by atomic mass is 9.97. The first kappa shape index (κ1) is 137. The van der Waals surface area contributed by atoms with E-state index < -0.39 is 185 Å². The standard InChI is InChI=1S/C16H32Si3.3C13H24Si2.C10H5F9.3C10H16Si.2C9H6F6/c1-13-15(18(5,6)7)11-14(17(2,3)4)12-16(13)19(8,9)10;1-11-8-12(14(2,3)4)10-13(9-11)15(5,6)7;1-11-8-9-12(14(2,3)4)10-13(11)15(5,6)7;1-11-12(14(2,3)4)9-8-10-13(11)15(5,6)7;1-4-6(9(14,15)16)2-5(8(11,12)13)3-7(4)10(17,18)19;1-9-5-7-10(8-6-9)11(2,3)4;1-9-6-5-7-10(8-9)11(2,3)4;1-9-7-5-6-8-10(9)11(2,3)4;1-5-2-6(8(10,11)12)4-7(3-5)9(13,14)15;1-5-2-3-6(8(10,11)12)4-7(5)9(13,14)15/h11-12H,1-10H3;3*8-10H,1-7H3;2-3H,1H3;3*5-8H,1-4H3;2*2-4H,1H3. The zero-order valence-electron chi connectivity index (χ0n) is 95.8. The minimum Gasteiger partial charge on any atom is -0.166 e. The van der Waals surface area contributed by atoms with Gasteiger partial charge in [0.25, 0.3) is 0 Å². The van der Waals surface area contributed by atoms with Crippen molar-refractivity contribution in [2.75, 3.05) is 0 Å². The van der Waals surface area contributed by atoms with Crippen molar-refractivity contribution in [3.8, 4) is 0 Å². The molecule has 0 heterocycles. The second kappa shape index (κ2) is 51.4. The molecule has 0 nitrogen and oxygen atoms in total. The van der Waals surface area contributed by atoms with Crippen LogP contribution in [0.1, 0.15) is 94.6 Å². The molecule has 0 aromatic heterocycles. The van der Waals surface area contributed by atoms with Crippen LogP contribution >= 0.6 is 0 Å².